The maximum absolute atomic E-state index is 12.7. The molecule has 5 heteroatoms. The van der Waals surface area contributed by atoms with E-state index in [9.17, 15) is 4.79 Å². The van der Waals surface area contributed by atoms with E-state index < -0.39 is 0 Å². The van der Waals surface area contributed by atoms with Gasteiger partial charge in [0.2, 0.25) is 5.95 Å². The van der Waals surface area contributed by atoms with Gasteiger partial charge in [-0.3, -0.25) is 4.79 Å². The van der Waals surface area contributed by atoms with E-state index in [1.807, 2.05) is 51.1 Å². The van der Waals surface area contributed by atoms with Crippen LogP contribution in [0.5, 0.6) is 0 Å². The lowest BCUT2D eigenvalue weighted by Crippen LogP contribution is -2.15. The van der Waals surface area contributed by atoms with Crippen molar-refractivity contribution in [3.05, 3.63) is 76.6 Å². The van der Waals surface area contributed by atoms with Crippen LogP contribution in [0.15, 0.2) is 48.8 Å². The number of nitrogens with one attached hydrogen (secondary N) is 2. The van der Waals surface area contributed by atoms with Crippen molar-refractivity contribution in [3.63, 3.8) is 0 Å². The van der Waals surface area contributed by atoms with Crippen LogP contribution < -0.4 is 10.6 Å². The van der Waals surface area contributed by atoms with E-state index in [1.54, 1.807) is 12.4 Å². The summed E-state index contributed by atoms with van der Waals surface area (Å²) in [4.78, 5) is 21.3. The van der Waals surface area contributed by atoms with E-state index in [-0.39, 0.29) is 5.91 Å². The van der Waals surface area contributed by atoms with Crippen LogP contribution in [0.2, 0.25) is 0 Å². The topological polar surface area (TPSA) is 66.9 Å². The van der Waals surface area contributed by atoms with Gasteiger partial charge in [0.05, 0.1) is 5.56 Å². The Kier molecular flexibility index (Phi) is 5.73. The average molecular weight is 374 g/mol. The third-order valence-electron chi connectivity index (χ3n) is 4.56. The second-order valence-electron chi connectivity index (χ2n) is 7.44. The highest BCUT2D eigenvalue weighted by Crippen LogP contribution is 2.27. The monoisotopic (exact) mass is 374 g/mol. The summed E-state index contributed by atoms with van der Waals surface area (Å²) in [7, 11) is 0. The summed E-state index contributed by atoms with van der Waals surface area (Å²) in [5, 5.41) is 6.20. The van der Waals surface area contributed by atoms with Crippen molar-refractivity contribution in [2.75, 3.05) is 10.6 Å². The molecule has 0 bridgehead atoms. The molecular weight excluding hydrogens is 348 g/mol. The normalized spacial score (nSPS) is 10.8. The Bertz CT molecular complexity index is 974. The highest BCUT2D eigenvalue weighted by Gasteiger charge is 2.14. The van der Waals surface area contributed by atoms with Crippen LogP contribution in [-0.4, -0.2) is 15.9 Å². The second kappa shape index (κ2) is 8.21. The molecule has 0 saturated carbocycles. The molecule has 5 nitrogen and oxygen atoms in total. The standard InChI is InChI=1S/C23H26N4O/c1-14(2)20-8-6-7-17(5)21(20)27-22(28)18-12-24-23(25-13-18)26-19-10-15(3)9-16(4)11-19/h6-14H,1-5H3,(H,27,28)(H,24,25,26). The molecule has 28 heavy (non-hydrogen) atoms. The maximum atomic E-state index is 12.7. The number of benzene rings is 2. The molecule has 0 spiro atoms. The van der Waals surface area contributed by atoms with E-state index in [0.717, 1.165) is 33.6 Å². The first-order valence-electron chi connectivity index (χ1n) is 9.41. The van der Waals surface area contributed by atoms with Crippen LogP contribution in [0, 0.1) is 20.8 Å². The number of aryl methyl sites for hydroxylation is 3. The third-order valence-corrected chi connectivity index (χ3v) is 4.56. The fourth-order valence-corrected chi connectivity index (χ4v) is 3.21. The summed E-state index contributed by atoms with van der Waals surface area (Å²) in [6, 6.07) is 12.2. The molecular formula is C23H26N4O. The zero-order chi connectivity index (χ0) is 20.3. The van der Waals surface area contributed by atoms with Crippen molar-refractivity contribution < 1.29 is 4.79 Å². The van der Waals surface area contributed by atoms with Gasteiger partial charge in [-0.1, -0.05) is 38.1 Å². The molecule has 2 aromatic carbocycles. The first-order chi connectivity index (χ1) is 13.3. The Hall–Kier alpha value is -3.21. The fraction of sp³-hybridized carbons (Fsp3) is 0.261. The Balaban J connectivity index is 1.76. The average Bonchev–Trinajstić information content (AvgIpc) is 2.63. The quantitative estimate of drug-likeness (QED) is 0.617. The summed E-state index contributed by atoms with van der Waals surface area (Å²) in [6.07, 6.45) is 3.08. The first-order valence-corrected chi connectivity index (χ1v) is 9.41. The number of rotatable bonds is 5. The number of hydrogen-bond donors (Lipinski definition) is 2. The van der Waals surface area contributed by atoms with Gasteiger partial charge < -0.3 is 10.6 Å². The van der Waals surface area contributed by atoms with Gasteiger partial charge in [0.1, 0.15) is 0 Å². The highest BCUT2D eigenvalue weighted by atomic mass is 16.1. The lowest BCUT2D eigenvalue weighted by molar-refractivity contribution is 0.102. The minimum Gasteiger partial charge on any atom is -0.324 e. The maximum Gasteiger partial charge on any atom is 0.258 e. The molecule has 1 aromatic heterocycles. The van der Waals surface area contributed by atoms with Crippen LogP contribution in [0.3, 0.4) is 0 Å². The molecule has 0 fully saturated rings. The van der Waals surface area contributed by atoms with Crippen molar-refractivity contribution in [3.8, 4) is 0 Å². The Labute approximate surface area is 166 Å². The predicted molar refractivity (Wildman–Crippen MR) is 114 cm³/mol. The van der Waals surface area contributed by atoms with E-state index in [0.29, 0.717) is 17.4 Å². The molecule has 1 heterocycles. The van der Waals surface area contributed by atoms with Crippen LogP contribution >= 0.6 is 0 Å². The van der Waals surface area contributed by atoms with Gasteiger partial charge in [-0.2, -0.15) is 0 Å². The van der Waals surface area contributed by atoms with Crippen LogP contribution in [0.4, 0.5) is 17.3 Å². The fourth-order valence-electron chi connectivity index (χ4n) is 3.21. The minimum absolute atomic E-state index is 0.214. The number of aromatic nitrogens is 2. The van der Waals surface area contributed by atoms with Crippen molar-refractivity contribution in [2.24, 2.45) is 0 Å². The van der Waals surface area contributed by atoms with Crippen molar-refractivity contribution in [1.29, 1.82) is 0 Å². The van der Waals surface area contributed by atoms with Gasteiger partial charge in [-0.25, -0.2) is 9.97 Å². The first kappa shape index (κ1) is 19.5. The molecule has 3 rings (SSSR count). The van der Waals surface area contributed by atoms with Crippen molar-refractivity contribution in [2.45, 2.75) is 40.5 Å². The summed E-state index contributed by atoms with van der Waals surface area (Å²) in [6.45, 7) is 10.3. The zero-order valence-corrected chi connectivity index (χ0v) is 17.0. The van der Waals surface area contributed by atoms with Gasteiger partial charge in [-0.15, -0.1) is 0 Å². The van der Waals surface area contributed by atoms with Gasteiger partial charge in [0, 0.05) is 23.8 Å². The summed E-state index contributed by atoms with van der Waals surface area (Å²) < 4.78 is 0. The Morgan fingerprint density at radius 2 is 1.61 bits per heavy atom. The smallest absolute Gasteiger partial charge is 0.258 e. The molecule has 3 aromatic rings. The number of amides is 1. The van der Waals surface area contributed by atoms with Crippen LogP contribution in [-0.2, 0) is 0 Å². The lowest BCUT2D eigenvalue weighted by Gasteiger charge is -2.16. The molecule has 0 aliphatic heterocycles. The number of carbonyl (C=O) groups excluding carboxylic acids is 1. The van der Waals surface area contributed by atoms with E-state index in [4.69, 9.17) is 0 Å². The van der Waals surface area contributed by atoms with E-state index >= 15 is 0 Å². The number of anilines is 3. The predicted octanol–water partition coefficient (Wildman–Crippen LogP) is 5.52. The summed E-state index contributed by atoms with van der Waals surface area (Å²) in [5.74, 6) is 0.560. The highest BCUT2D eigenvalue weighted by molar-refractivity contribution is 6.04. The number of para-hydroxylation sites is 1. The molecule has 1 amide bonds. The molecule has 144 valence electrons. The van der Waals surface area contributed by atoms with Crippen molar-refractivity contribution in [1.82, 2.24) is 9.97 Å². The molecule has 0 unspecified atom stereocenters. The molecule has 0 radical (unpaired) electrons. The lowest BCUT2D eigenvalue weighted by atomic mass is 9.98. The van der Waals surface area contributed by atoms with E-state index in [2.05, 4.69) is 40.5 Å². The van der Waals surface area contributed by atoms with Gasteiger partial charge >= 0.3 is 0 Å². The molecule has 0 atom stereocenters. The Morgan fingerprint density at radius 3 is 2.21 bits per heavy atom. The van der Waals surface area contributed by atoms with Gasteiger partial charge in [-0.05, 0) is 61.1 Å². The summed E-state index contributed by atoms with van der Waals surface area (Å²) >= 11 is 0. The number of hydrogen-bond acceptors (Lipinski definition) is 4. The van der Waals surface area contributed by atoms with Crippen molar-refractivity contribution >= 4 is 23.2 Å². The largest absolute Gasteiger partial charge is 0.324 e. The third kappa shape index (κ3) is 4.55. The van der Waals surface area contributed by atoms with Crippen LogP contribution in [0.1, 0.15) is 52.4 Å². The minimum atomic E-state index is -0.214. The molecule has 2 N–H and O–H groups in total. The SMILES string of the molecule is Cc1cc(C)cc(Nc2ncc(C(=O)Nc3c(C)cccc3C(C)C)cn2)c1. The summed E-state index contributed by atoms with van der Waals surface area (Å²) in [5.41, 5.74) is 6.69. The Morgan fingerprint density at radius 1 is 0.964 bits per heavy atom. The van der Waals surface area contributed by atoms with Crippen LogP contribution in [0.25, 0.3) is 0 Å². The molecule has 0 aliphatic rings. The molecule has 0 saturated heterocycles. The molecule has 0 aliphatic carbocycles. The van der Waals surface area contributed by atoms with E-state index in [1.165, 1.54) is 0 Å². The zero-order valence-electron chi connectivity index (χ0n) is 17.0. The van der Waals surface area contributed by atoms with Gasteiger partial charge in [0.15, 0.2) is 0 Å². The number of nitrogens with zero attached hydrogens (tertiary/aromatic N) is 2. The second-order valence-corrected chi connectivity index (χ2v) is 7.44. The van der Waals surface area contributed by atoms with Gasteiger partial charge in [0.25, 0.3) is 5.91 Å². The number of carbonyl (C=O) groups is 1.